The molecule has 1 unspecified atom stereocenters. The molecule has 1 atom stereocenters. The SMILES string of the molecule is CCCSCC(Cc1cc(F)ccc1Cl)NN. The Hall–Kier alpha value is -0.290. The number of halogens is 2. The average Bonchev–Trinajstić information content (AvgIpc) is 2.32. The number of benzene rings is 1. The summed E-state index contributed by atoms with van der Waals surface area (Å²) in [6.45, 7) is 2.14. The molecule has 0 aromatic heterocycles. The molecule has 0 aliphatic carbocycles. The molecular formula is C12H18ClFN2S. The second kappa shape index (κ2) is 7.93. The number of nitrogens with one attached hydrogen (secondary N) is 1. The topological polar surface area (TPSA) is 38.0 Å². The van der Waals surface area contributed by atoms with Gasteiger partial charge in [0.2, 0.25) is 0 Å². The maximum absolute atomic E-state index is 13.1. The van der Waals surface area contributed by atoms with Crippen LogP contribution in [0.4, 0.5) is 4.39 Å². The molecule has 2 nitrogen and oxygen atoms in total. The molecule has 1 rings (SSSR count). The van der Waals surface area contributed by atoms with Crippen molar-refractivity contribution in [3.8, 4) is 0 Å². The monoisotopic (exact) mass is 276 g/mol. The van der Waals surface area contributed by atoms with Crippen LogP contribution in [0.25, 0.3) is 0 Å². The van der Waals surface area contributed by atoms with E-state index < -0.39 is 0 Å². The summed E-state index contributed by atoms with van der Waals surface area (Å²) in [7, 11) is 0. The summed E-state index contributed by atoms with van der Waals surface area (Å²) >= 11 is 7.85. The van der Waals surface area contributed by atoms with Crippen LogP contribution in [0.15, 0.2) is 18.2 Å². The Kier molecular flexibility index (Phi) is 6.89. The first-order chi connectivity index (χ1) is 8.17. The van der Waals surface area contributed by atoms with Gasteiger partial charge in [-0.3, -0.25) is 11.3 Å². The summed E-state index contributed by atoms with van der Waals surface area (Å²) in [5.41, 5.74) is 3.55. The van der Waals surface area contributed by atoms with Gasteiger partial charge < -0.3 is 0 Å². The minimum Gasteiger partial charge on any atom is -0.271 e. The normalized spacial score (nSPS) is 12.7. The van der Waals surface area contributed by atoms with Crippen LogP contribution in [-0.2, 0) is 6.42 Å². The van der Waals surface area contributed by atoms with Crippen LogP contribution < -0.4 is 11.3 Å². The third kappa shape index (κ3) is 5.25. The maximum atomic E-state index is 13.1. The fraction of sp³-hybridized carbons (Fsp3) is 0.500. The number of rotatable bonds is 7. The molecule has 3 N–H and O–H groups in total. The van der Waals surface area contributed by atoms with Gasteiger partial charge in [0.15, 0.2) is 0 Å². The van der Waals surface area contributed by atoms with Crippen LogP contribution in [-0.4, -0.2) is 17.5 Å². The van der Waals surface area contributed by atoms with Crippen molar-refractivity contribution in [3.05, 3.63) is 34.6 Å². The Bertz CT molecular complexity index is 349. The van der Waals surface area contributed by atoms with Crippen molar-refractivity contribution in [2.45, 2.75) is 25.8 Å². The van der Waals surface area contributed by atoms with Gasteiger partial charge in [0.25, 0.3) is 0 Å². The third-order valence-corrected chi connectivity index (χ3v) is 4.08. The summed E-state index contributed by atoms with van der Waals surface area (Å²) in [4.78, 5) is 0. The Morgan fingerprint density at radius 1 is 1.53 bits per heavy atom. The lowest BCUT2D eigenvalue weighted by Crippen LogP contribution is -2.38. The van der Waals surface area contributed by atoms with E-state index in [1.807, 2.05) is 11.8 Å². The molecule has 1 aromatic carbocycles. The highest BCUT2D eigenvalue weighted by molar-refractivity contribution is 7.99. The molecule has 0 aliphatic heterocycles. The molecular weight excluding hydrogens is 259 g/mol. The zero-order chi connectivity index (χ0) is 12.7. The van der Waals surface area contributed by atoms with Crippen LogP contribution >= 0.6 is 23.4 Å². The highest BCUT2D eigenvalue weighted by Crippen LogP contribution is 2.19. The fourth-order valence-electron chi connectivity index (χ4n) is 1.50. The summed E-state index contributed by atoms with van der Waals surface area (Å²) in [5.74, 6) is 7.23. The van der Waals surface area contributed by atoms with Crippen molar-refractivity contribution < 1.29 is 4.39 Å². The lowest BCUT2D eigenvalue weighted by molar-refractivity contribution is 0.570. The van der Waals surface area contributed by atoms with Crippen molar-refractivity contribution in [2.75, 3.05) is 11.5 Å². The third-order valence-electron chi connectivity index (χ3n) is 2.38. The van der Waals surface area contributed by atoms with Gasteiger partial charge in [-0.2, -0.15) is 11.8 Å². The van der Waals surface area contributed by atoms with Crippen LogP contribution in [0, 0.1) is 5.82 Å². The number of thioether (sulfide) groups is 1. The van der Waals surface area contributed by atoms with E-state index in [-0.39, 0.29) is 11.9 Å². The summed E-state index contributed by atoms with van der Waals surface area (Å²) in [5, 5.41) is 0.590. The molecule has 0 saturated heterocycles. The minimum absolute atomic E-state index is 0.117. The Balaban J connectivity index is 2.57. The first-order valence-electron chi connectivity index (χ1n) is 5.65. The predicted molar refractivity (Wildman–Crippen MR) is 73.8 cm³/mol. The summed E-state index contributed by atoms with van der Waals surface area (Å²) in [6.07, 6.45) is 1.78. The van der Waals surface area contributed by atoms with E-state index in [1.54, 1.807) is 6.07 Å². The van der Waals surface area contributed by atoms with E-state index in [2.05, 4.69) is 12.3 Å². The van der Waals surface area contributed by atoms with Crippen molar-refractivity contribution in [1.82, 2.24) is 5.43 Å². The summed E-state index contributed by atoms with van der Waals surface area (Å²) in [6, 6.07) is 4.53. The smallest absolute Gasteiger partial charge is 0.123 e. The zero-order valence-corrected chi connectivity index (χ0v) is 11.5. The Morgan fingerprint density at radius 2 is 2.29 bits per heavy atom. The quantitative estimate of drug-likeness (QED) is 0.457. The van der Waals surface area contributed by atoms with Gasteiger partial charge in [0.1, 0.15) is 5.82 Å². The minimum atomic E-state index is -0.263. The maximum Gasteiger partial charge on any atom is 0.123 e. The molecule has 5 heteroatoms. The van der Waals surface area contributed by atoms with Crippen molar-refractivity contribution >= 4 is 23.4 Å². The molecule has 17 heavy (non-hydrogen) atoms. The van der Waals surface area contributed by atoms with Gasteiger partial charge in [-0.05, 0) is 42.4 Å². The van der Waals surface area contributed by atoms with E-state index in [4.69, 9.17) is 17.4 Å². The van der Waals surface area contributed by atoms with Crippen LogP contribution in [0.5, 0.6) is 0 Å². The van der Waals surface area contributed by atoms with Crippen molar-refractivity contribution in [1.29, 1.82) is 0 Å². The van der Waals surface area contributed by atoms with E-state index >= 15 is 0 Å². The lowest BCUT2D eigenvalue weighted by atomic mass is 10.1. The van der Waals surface area contributed by atoms with Gasteiger partial charge in [-0.25, -0.2) is 4.39 Å². The van der Waals surface area contributed by atoms with Crippen LogP contribution in [0.3, 0.4) is 0 Å². The first-order valence-corrected chi connectivity index (χ1v) is 7.18. The van der Waals surface area contributed by atoms with Crippen molar-refractivity contribution in [3.63, 3.8) is 0 Å². The van der Waals surface area contributed by atoms with Crippen LogP contribution in [0.2, 0.25) is 5.02 Å². The van der Waals surface area contributed by atoms with Crippen LogP contribution in [0.1, 0.15) is 18.9 Å². The number of hydrogen-bond donors (Lipinski definition) is 2. The van der Waals surface area contributed by atoms with Gasteiger partial charge >= 0.3 is 0 Å². The van der Waals surface area contributed by atoms with Gasteiger partial charge in [-0.15, -0.1) is 0 Å². The number of hydrazine groups is 1. The van der Waals surface area contributed by atoms with E-state index in [0.29, 0.717) is 11.4 Å². The largest absolute Gasteiger partial charge is 0.271 e. The molecule has 0 fully saturated rings. The zero-order valence-electron chi connectivity index (χ0n) is 9.88. The molecule has 0 bridgehead atoms. The molecule has 0 radical (unpaired) electrons. The molecule has 0 aliphatic rings. The molecule has 1 aromatic rings. The Labute approximate surface area is 111 Å². The number of hydrogen-bond acceptors (Lipinski definition) is 3. The highest BCUT2D eigenvalue weighted by Gasteiger charge is 2.11. The predicted octanol–water partition coefficient (Wildman–Crippen LogP) is 3.00. The molecule has 0 heterocycles. The average molecular weight is 277 g/mol. The van der Waals surface area contributed by atoms with E-state index in [9.17, 15) is 4.39 Å². The first kappa shape index (κ1) is 14.8. The lowest BCUT2D eigenvalue weighted by Gasteiger charge is -2.16. The standard InChI is InChI=1S/C12H18ClFN2S/c1-2-5-17-8-11(16-15)7-9-6-10(14)3-4-12(9)13/h3-4,6,11,16H,2,5,7-8,15H2,1H3. The van der Waals surface area contributed by atoms with Gasteiger partial charge in [-0.1, -0.05) is 18.5 Å². The molecule has 96 valence electrons. The molecule has 0 saturated carbocycles. The second-order valence-electron chi connectivity index (χ2n) is 3.88. The van der Waals surface area contributed by atoms with Crippen molar-refractivity contribution in [2.24, 2.45) is 5.84 Å². The molecule has 0 spiro atoms. The highest BCUT2D eigenvalue weighted by atomic mass is 35.5. The van der Waals surface area contributed by atoms with E-state index in [0.717, 1.165) is 23.5 Å². The number of nitrogens with two attached hydrogens (primary N) is 1. The molecule has 0 amide bonds. The Morgan fingerprint density at radius 3 is 2.94 bits per heavy atom. The van der Waals surface area contributed by atoms with Gasteiger partial charge in [0, 0.05) is 16.8 Å². The fourth-order valence-corrected chi connectivity index (χ4v) is 2.65. The second-order valence-corrected chi connectivity index (χ2v) is 5.44. The van der Waals surface area contributed by atoms with Gasteiger partial charge in [0.05, 0.1) is 0 Å². The van der Waals surface area contributed by atoms with E-state index in [1.165, 1.54) is 12.1 Å². The summed E-state index contributed by atoms with van der Waals surface area (Å²) < 4.78 is 13.1.